The molecule has 0 radical (unpaired) electrons. The molecule has 2 bridgehead atoms. The first-order valence-corrected chi connectivity index (χ1v) is 7.93. The molecule has 0 N–H and O–H groups in total. The number of carbonyl (C=O) groups excluding carboxylic acids is 1. The molecule has 1 fully saturated rings. The lowest BCUT2D eigenvalue weighted by Crippen LogP contribution is -2.51. The predicted molar refractivity (Wildman–Crippen MR) is 82.0 cm³/mol. The summed E-state index contributed by atoms with van der Waals surface area (Å²) in [6.07, 6.45) is 1.33. The highest BCUT2D eigenvalue weighted by Gasteiger charge is 2.64. The quantitative estimate of drug-likeness (QED) is 0.803. The summed E-state index contributed by atoms with van der Waals surface area (Å²) < 4.78 is 0. The van der Waals surface area contributed by atoms with Gasteiger partial charge in [0, 0.05) is 5.92 Å². The highest BCUT2D eigenvalue weighted by atomic mass is 35.5. The average molecular weight is 336 g/mol. The molecule has 4 nitrogen and oxygen atoms in total. The minimum atomic E-state index is -1.07. The fourth-order valence-electron chi connectivity index (χ4n) is 4.33. The monoisotopic (exact) mass is 335 g/mol. The molecule has 0 saturated heterocycles. The SMILES string of the molecule is CC1(C)[C@H]2CC[C@@]1(C(=O)[O-])c1nc3cc(Cl)c(Cl)cc3nc12. The number of aromatic nitrogens is 2. The summed E-state index contributed by atoms with van der Waals surface area (Å²) in [5.74, 6) is -0.987. The fraction of sp³-hybridized carbons (Fsp3) is 0.438. The van der Waals surface area contributed by atoms with Gasteiger partial charge in [-0.2, -0.15) is 0 Å². The lowest BCUT2D eigenvalue weighted by molar-refractivity contribution is -0.317. The molecule has 0 amide bonds. The summed E-state index contributed by atoms with van der Waals surface area (Å²) >= 11 is 12.1. The van der Waals surface area contributed by atoms with Crippen LogP contribution in [0.2, 0.25) is 10.0 Å². The Kier molecular flexibility index (Phi) is 2.66. The van der Waals surface area contributed by atoms with E-state index < -0.39 is 16.8 Å². The zero-order valence-corrected chi connectivity index (χ0v) is 13.6. The zero-order valence-electron chi connectivity index (χ0n) is 12.1. The molecule has 1 heterocycles. The van der Waals surface area contributed by atoms with Gasteiger partial charge < -0.3 is 9.90 Å². The van der Waals surface area contributed by atoms with Gasteiger partial charge >= 0.3 is 0 Å². The summed E-state index contributed by atoms with van der Waals surface area (Å²) in [6, 6.07) is 3.31. The minimum absolute atomic E-state index is 0.0757. The van der Waals surface area contributed by atoms with Gasteiger partial charge in [0.25, 0.3) is 0 Å². The number of carboxylic acid groups (broad SMARTS) is 1. The van der Waals surface area contributed by atoms with Crippen molar-refractivity contribution in [2.75, 3.05) is 0 Å². The molecule has 2 aliphatic carbocycles. The van der Waals surface area contributed by atoms with Crippen LogP contribution < -0.4 is 5.11 Å². The molecule has 4 rings (SSSR count). The van der Waals surface area contributed by atoms with Gasteiger partial charge in [0.1, 0.15) is 0 Å². The number of carboxylic acids is 1. The molecular weight excluding hydrogens is 323 g/mol. The summed E-state index contributed by atoms with van der Waals surface area (Å²) in [4.78, 5) is 21.3. The number of benzene rings is 1. The smallest absolute Gasteiger partial charge is 0.0906 e. The Labute approximate surface area is 137 Å². The highest BCUT2D eigenvalue weighted by molar-refractivity contribution is 6.42. The van der Waals surface area contributed by atoms with E-state index in [4.69, 9.17) is 23.2 Å². The van der Waals surface area contributed by atoms with E-state index in [0.29, 0.717) is 33.2 Å². The number of halogens is 2. The lowest BCUT2D eigenvalue weighted by Gasteiger charge is -2.38. The van der Waals surface area contributed by atoms with Crippen LogP contribution in [0.15, 0.2) is 12.1 Å². The average Bonchev–Trinajstić information content (AvgIpc) is 2.81. The second-order valence-electron chi connectivity index (χ2n) is 6.72. The fourth-order valence-corrected chi connectivity index (χ4v) is 4.64. The van der Waals surface area contributed by atoms with Crippen molar-refractivity contribution in [2.45, 2.75) is 38.0 Å². The van der Waals surface area contributed by atoms with E-state index in [0.717, 1.165) is 12.1 Å². The van der Waals surface area contributed by atoms with Gasteiger partial charge in [-0.15, -0.1) is 0 Å². The third kappa shape index (κ3) is 1.43. The van der Waals surface area contributed by atoms with E-state index >= 15 is 0 Å². The molecule has 114 valence electrons. The Bertz CT molecular complexity index is 850. The van der Waals surface area contributed by atoms with Crippen LogP contribution in [0, 0.1) is 5.41 Å². The number of aliphatic carboxylic acids is 1. The van der Waals surface area contributed by atoms with E-state index in [2.05, 4.69) is 9.97 Å². The Morgan fingerprint density at radius 2 is 1.82 bits per heavy atom. The van der Waals surface area contributed by atoms with Gasteiger partial charge in [-0.25, -0.2) is 9.97 Å². The first kappa shape index (κ1) is 14.2. The van der Waals surface area contributed by atoms with E-state index in [1.54, 1.807) is 12.1 Å². The number of fused-ring (bicyclic) bond motifs is 6. The van der Waals surface area contributed by atoms with Crippen molar-refractivity contribution < 1.29 is 9.90 Å². The number of hydrogen-bond donors (Lipinski definition) is 0. The maximum Gasteiger partial charge on any atom is 0.0906 e. The van der Waals surface area contributed by atoms with Crippen molar-refractivity contribution in [3.8, 4) is 0 Å². The van der Waals surface area contributed by atoms with Crippen LogP contribution >= 0.6 is 23.2 Å². The number of carbonyl (C=O) groups is 1. The molecule has 1 aromatic carbocycles. The standard InChI is InChI=1S/C16H14Cl2N2O2/c1-15(2)7-3-4-16(15,14(21)22)13-12(7)19-10-5-8(17)9(18)6-11(10)20-13/h5-7H,3-4H2,1-2H3,(H,21,22)/p-1/t7-,16-/m0/s1. The van der Waals surface area contributed by atoms with Gasteiger partial charge in [-0.1, -0.05) is 37.0 Å². The van der Waals surface area contributed by atoms with Gasteiger partial charge in [0.15, 0.2) is 0 Å². The maximum absolute atomic E-state index is 12.0. The Balaban J connectivity index is 2.08. The third-order valence-corrected chi connectivity index (χ3v) is 6.32. The van der Waals surface area contributed by atoms with Crippen LogP contribution in [0.3, 0.4) is 0 Å². The summed E-state index contributed by atoms with van der Waals surface area (Å²) in [6.45, 7) is 3.93. The first-order valence-electron chi connectivity index (χ1n) is 7.17. The summed E-state index contributed by atoms with van der Waals surface area (Å²) in [7, 11) is 0. The third-order valence-electron chi connectivity index (χ3n) is 5.60. The highest BCUT2D eigenvalue weighted by Crippen LogP contribution is 2.66. The van der Waals surface area contributed by atoms with Gasteiger partial charge in [-0.3, -0.25) is 0 Å². The molecule has 0 unspecified atom stereocenters. The minimum Gasteiger partial charge on any atom is -0.549 e. The largest absolute Gasteiger partial charge is 0.549 e. The molecule has 6 heteroatoms. The van der Waals surface area contributed by atoms with Crippen LogP contribution in [0.1, 0.15) is 44.0 Å². The van der Waals surface area contributed by atoms with Gasteiger partial charge in [0.05, 0.1) is 43.9 Å². The Morgan fingerprint density at radius 1 is 1.23 bits per heavy atom. The Hall–Kier alpha value is -1.39. The lowest BCUT2D eigenvalue weighted by atomic mass is 9.68. The maximum atomic E-state index is 12.0. The second-order valence-corrected chi connectivity index (χ2v) is 7.53. The zero-order chi connectivity index (χ0) is 15.9. The topological polar surface area (TPSA) is 65.9 Å². The summed E-state index contributed by atoms with van der Waals surface area (Å²) in [5, 5.41) is 12.8. The molecule has 2 aliphatic rings. The van der Waals surface area contributed by atoms with E-state index in [-0.39, 0.29) is 5.92 Å². The van der Waals surface area contributed by atoms with E-state index in [9.17, 15) is 9.90 Å². The van der Waals surface area contributed by atoms with Crippen molar-refractivity contribution in [1.29, 1.82) is 0 Å². The number of nitrogens with zero attached hydrogens (tertiary/aromatic N) is 2. The molecule has 0 spiro atoms. The second kappa shape index (κ2) is 4.12. The van der Waals surface area contributed by atoms with Crippen LogP contribution in [-0.4, -0.2) is 15.9 Å². The molecule has 0 aliphatic heterocycles. The van der Waals surface area contributed by atoms with Crippen molar-refractivity contribution in [2.24, 2.45) is 5.41 Å². The summed E-state index contributed by atoms with van der Waals surface area (Å²) in [5.41, 5.74) is 0.993. The van der Waals surface area contributed by atoms with Crippen LogP contribution in [-0.2, 0) is 10.2 Å². The van der Waals surface area contributed by atoms with E-state index in [1.807, 2.05) is 13.8 Å². The normalized spacial score (nSPS) is 28.1. The number of rotatable bonds is 1. The molecule has 1 saturated carbocycles. The molecule has 1 aromatic heterocycles. The van der Waals surface area contributed by atoms with Gasteiger partial charge in [-0.05, 0) is 30.4 Å². The molecule has 22 heavy (non-hydrogen) atoms. The van der Waals surface area contributed by atoms with Gasteiger partial charge in [0.2, 0.25) is 0 Å². The van der Waals surface area contributed by atoms with Crippen molar-refractivity contribution in [3.63, 3.8) is 0 Å². The Morgan fingerprint density at radius 3 is 2.41 bits per heavy atom. The van der Waals surface area contributed by atoms with Crippen molar-refractivity contribution in [1.82, 2.24) is 9.97 Å². The number of hydrogen-bond acceptors (Lipinski definition) is 4. The van der Waals surface area contributed by atoms with Crippen LogP contribution in [0.4, 0.5) is 0 Å². The predicted octanol–water partition coefficient (Wildman–Crippen LogP) is 2.84. The molecular formula is C16H13Cl2N2O2-. The van der Waals surface area contributed by atoms with Crippen molar-refractivity contribution >= 4 is 40.2 Å². The molecule has 2 aromatic rings. The molecule has 2 atom stereocenters. The first-order chi connectivity index (χ1) is 10.3. The van der Waals surface area contributed by atoms with E-state index in [1.165, 1.54) is 0 Å². The van der Waals surface area contributed by atoms with Crippen LogP contribution in [0.25, 0.3) is 11.0 Å². The van der Waals surface area contributed by atoms with Crippen LogP contribution in [0.5, 0.6) is 0 Å². The van der Waals surface area contributed by atoms with Crippen molar-refractivity contribution in [3.05, 3.63) is 33.6 Å².